The lowest BCUT2D eigenvalue weighted by atomic mass is 10.1. The summed E-state index contributed by atoms with van der Waals surface area (Å²) in [6.45, 7) is 5.72. The minimum atomic E-state index is -0.105. The number of nitrogens with zero attached hydrogens (tertiary/aromatic N) is 1. The van der Waals surface area contributed by atoms with Crippen LogP contribution >= 0.6 is 0 Å². The third-order valence-corrected chi connectivity index (χ3v) is 3.58. The maximum Gasteiger partial charge on any atom is 0.252 e. The van der Waals surface area contributed by atoms with Crippen molar-refractivity contribution < 1.29 is 9.53 Å². The van der Waals surface area contributed by atoms with E-state index >= 15 is 0 Å². The zero-order valence-corrected chi connectivity index (χ0v) is 14.5. The third kappa shape index (κ3) is 5.57. The van der Waals surface area contributed by atoms with Crippen LogP contribution in [0.15, 0.2) is 42.6 Å². The molecule has 2 rings (SSSR count). The van der Waals surface area contributed by atoms with Gasteiger partial charge in [-0.3, -0.25) is 4.79 Å². The fourth-order valence-corrected chi connectivity index (χ4v) is 2.16. The number of benzene rings is 1. The fourth-order valence-electron chi connectivity index (χ4n) is 2.16. The van der Waals surface area contributed by atoms with Crippen molar-refractivity contribution in [2.45, 2.75) is 20.3 Å². The summed E-state index contributed by atoms with van der Waals surface area (Å²) in [5.74, 6) is 2.07. The van der Waals surface area contributed by atoms with Crippen LogP contribution in [0.1, 0.15) is 29.8 Å². The summed E-state index contributed by atoms with van der Waals surface area (Å²) in [5, 5.41) is 6.15. The molecule has 5 nitrogen and oxygen atoms in total. The van der Waals surface area contributed by atoms with Crippen LogP contribution in [0, 0.1) is 5.92 Å². The first kappa shape index (κ1) is 17.8. The summed E-state index contributed by atoms with van der Waals surface area (Å²) < 4.78 is 5.13. The molecule has 24 heavy (non-hydrogen) atoms. The number of nitrogens with one attached hydrogen (secondary N) is 2. The van der Waals surface area contributed by atoms with E-state index < -0.39 is 0 Å². The van der Waals surface area contributed by atoms with Gasteiger partial charge in [0, 0.05) is 19.3 Å². The first-order valence-electron chi connectivity index (χ1n) is 8.19. The molecule has 0 bridgehead atoms. The predicted octanol–water partition coefficient (Wildman–Crippen LogP) is 3.13. The van der Waals surface area contributed by atoms with Crippen LogP contribution in [-0.4, -0.2) is 31.1 Å². The lowest BCUT2D eigenvalue weighted by molar-refractivity contribution is 0.0954. The minimum Gasteiger partial charge on any atom is -0.497 e. The number of carbonyl (C=O) groups excluding carboxylic acids is 1. The van der Waals surface area contributed by atoms with Gasteiger partial charge in [0.1, 0.15) is 11.6 Å². The Morgan fingerprint density at radius 3 is 2.50 bits per heavy atom. The summed E-state index contributed by atoms with van der Waals surface area (Å²) in [6, 6.07) is 11.5. The van der Waals surface area contributed by atoms with Crippen LogP contribution in [0.25, 0.3) is 0 Å². The average molecular weight is 327 g/mol. The molecular weight excluding hydrogens is 302 g/mol. The minimum absolute atomic E-state index is 0.105. The summed E-state index contributed by atoms with van der Waals surface area (Å²) >= 11 is 0. The van der Waals surface area contributed by atoms with Crippen molar-refractivity contribution in [2.75, 3.05) is 25.5 Å². The standard InChI is InChI=1S/C19H25N3O2/c1-14(2)12-21-18-9-6-16(13-22-18)19(23)20-11-10-15-4-7-17(24-3)8-5-15/h4-9,13-14H,10-12H2,1-3H3,(H,20,23)(H,21,22). The van der Waals surface area contributed by atoms with Gasteiger partial charge in [0.25, 0.3) is 5.91 Å². The van der Waals surface area contributed by atoms with Crippen molar-refractivity contribution in [2.24, 2.45) is 5.92 Å². The molecule has 0 spiro atoms. The quantitative estimate of drug-likeness (QED) is 0.782. The highest BCUT2D eigenvalue weighted by Crippen LogP contribution is 2.11. The highest BCUT2D eigenvalue weighted by molar-refractivity contribution is 5.94. The van der Waals surface area contributed by atoms with Crippen molar-refractivity contribution in [1.82, 2.24) is 10.3 Å². The maximum absolute atomic E-state index is 12.1. The van der Waals surface area contributed by atoms with E-state index in [1.54, 1.807) is 19.4 Å². The number of rotatable bonds is 8. The topological polar surface area (TPSA) is 63.2 Å². The molecule has 0 fully saturated rings. The van der Waals surface area contributed by atoms with Crippen molar-refractivity contribution in [3.8, 4) is 5.75 Å². The lowest BCUT2D eigenvalue weighted by Crippen LogP contribution is -2.25. The van der Waals surface area contributed by atoms with Crippen molar-refractivity contribution in [1.29, 1.82) is 0 Å². The van der Waals surface area contributed by atoms with Gasteiger partial charge < -0.3 is 15.4 Å². The Balaban J connectivity index is 1.79. The van der Waals surface area contributed by atoms with Crippen LogP contribution in [0.4, 0.5) is 5.82 Å². The van der Waals surface area contributed by atoms with Crippen LogP contribution in [0.5, 0.6) is 5.75 Å². The normalized spacial score (nSPS) is 10.5. The molecule has 0 radical (unpaired) electrons. The van der Waals surface area contributed by atoms with Gasteiger partial charge in [0.15, 0.2) is 0 Å². The highest BCUT2D eigenvalue weighted by atomic mass is 16.5. The molecule has 2 N–H and O–H groups in total. The van der Waals surface area contributed by atoms with E-state index in [9.17, 15) is 4.79 Å². The molecule has 0 atom stereocenters. The van der Waals surface area contributed by atoms with Crippen LogP contribution < -0.4 is 15.4 Å². The van der Waals surface area contributed by atoms with E-state index in [4.69, 9.17) is 4.74 Å². The molecule has 1 aromatic carbocycles. The molecule has 1 aromatic heterocycles. The lowest BCUT2D eigenvalue weighted by Gasteiger charge is -2.09. The first-order chi connectivity index (χ1) is 11.6. The molecule has 128 valence electrons. The summed E-state index contributed by atoms with van der Waals surface area (Å²) in [7, 11) is 1.65. The first-order valence-corrected chi connectivity index (χ1v) is 8.19. The number of hydrogen-bond donors (Lipinski definition) is 2. The molecule has 1 amide bonds. The van der Waals surface area contributed by atoms with E-state index in [2.05, 4.69) is 29.5 Å². The van der Waals surface area contributed by atoms with Crippen LogP contribution in [-0.2, 0) is 6.42 Å². The van der Waals surface area contributed by atoms with Crippen LogP contribution in [0.2, 0.25) is 0 Å². The van der Waals surface area contributed by atoms with E-state index in [1.165, 1.54) is 0 Å². The number of aromatic nitrogens is 1. The molecule has 0 aliphatic heterocycles. The number of anilines is 1. The van der Waals surface area contributed by atoms with Gasteiger partial charge in [-0.15, -0.1) is 0 Å². The zero-order chi connectivity index (χ0) is 17.4. The second-order valence-corrected chi connectivity index (χ2v) is 6.06. The Morgan fingerprint density at radius 1 is 1.17 bits per heavy atom. The van der Waals surface area contributed by atoms with Gasteiger partial charge in [0.05, 0.1) is 12.7 Å². The summed E-state index contributed by atoms with van der Waals surface area (Å²) in [4.78, 5) is 16.4. The van der Waals surface area contributed by atoms with Crippen molar-refractivity contribution in [3.05, 3.63) is 53.7 Å². The van der Waals surface area contributed by atoms with Gasteiger partial charge >= 0.3 is 0 Å². The Kier molecular flexibility index (Phi) is 6.61. The smallest absolute Gasteiger partial charge is 0.252 e. The molecule has 0 saturated heterocycles. The van der Waals surface area contributed by atoms with Gasteiger partial charge in [-0.05, 0) is 42.2 Å². The van der Waals surface area contributed by atoms with Gasteiger partial charge in [-0.25, -0.2) is 4.98 Å². The Hall–Kier alpha value is -2.56. The average Bonchev–Trinajstić information content (AvgIpc) is 2.61. The number of amides is 1. The Labute approximate surface area is 143 Å². The van der Waals surface area contributed by atoms with Crippen molar-refractivity contribution >= 4 is 11.7 Å². The molecular formula is C19H25N3O2. The van der Waals surface area contributed by atoms with Crippen LogP contribution in [0.3, 0.4) is 0 Å². The van der Waals surface area contributed by atoms with E-state index in [-0.39, 0.29) is 5.91 Å². The van der Waals surface area contributed by atoms with E-state index in [0.29, 0.717) is 18.0 Å². The second-order valence-electron chi connectivity index (χ2n) is 6.06. The third-order valence-electron chi connectivity index (χ3n) is 3.58. The summed E-state index contributed by atoms with van der Waals surface area (Å²) in [5.41, 5.74) is 1.72. The molecule has 2 aromatic rings. The van der Waals surface area contributed by atoms with Gasteiger partial charge in [0.2, 0.25) is 0 Å². The van der Waals surface area contributed by atoms with Gasteiger partial charge in [-0.1, -0.05) is 26.0 Å². The molecule has 0 aliphatic carbocycles. The molecule has 0 aliphatic rings. The van der Waals surface area contributed by atoms with E-state index in [0.717, 1.165) is 30.1 Å². The number of ether oxygens (including phenoxy) is 1. The fraction of sp³-hybridized carbons (Fsp3) is 0.368. The number of hydrogen-bond acceptors (Lipinski definition) is 4. The maximum atomic E-state index is 12.1. The largest absolute Gasteiger partial charge is 0.497 e. The number of methoxy groups -OCH3 is 1. The van der Waals surface area contributed by atoms with Gasteiger partial charge in [-0.2, -0.15) is 0 Å². The predicted molar refractivity (Wildman–Crippen MR) is 96.6 cm³/mol. The molecule has 1 heterocycles. The monoisotopic (exact) mass is 327 g/mol. The molecule has 0 unspecified atom stereocenters. The summed E-state index contributed by atoms with van der Waals surface area (Å²) in [6.07, 6.45) is 2.38. The number of pyridine rings is 1. The number of carbonyl (C=O) groups is 1. The molecule has 5 heteroatoms. The SMILES string of the molecule is COc1ccc(CCNC(=O)c2ccc(NCC(C)C)nc2)cc1. The zero-order valence-electron chi connectivity index (χ0n) is 14.5. The Morgan fingerprint density at radius 2 is 1.92 bits per heavy atom. The highest BCUT2D eigenvalue weighted by Gasteiger charge is 2.06. The Bertz CT molecular complexity index is 637. The van der Waals surface area contributed by atoms with E-state index in [1.807, 2.05) is 30.3 Å². The second kappa shape index (κ2) is 8.91. The molecule has 0 saturated carbocycles. The van der Waals surface area contributed by atoms with Crippen molar-refractivity contribution in [3.63, 3.8) is 0 Å².